The number of piperidine rings is 1. The second kappa shape index (κ2) is 9.04. The summed E-state index contributed by atoms with van der Waals surface area (Å²) in [5.74, 6) is 1.63. The molecule has 0 saturated carbocycles. The van der Waals surface area contributed by atoms with Gasteiger partial charge in [-0.1, -0.05) is 48.5 Å². The van der Waals surface area contributed by atoms with Crippen LogP contribution in [0.3, 0.4) is 0 Å². The molecule has 1 amide bonds. The first-order chi connectivity index (χ1) is 12.2. The van der Waals surface area contributed by atoms with Crippen LogP contribution in [0.1, 0.15) is 24.0 Å². The van der Waals surface area contributed by atoms with Crippen LogP contribution in [0, 0.1) is 11.7 Å². The summed E-state index contributed by atoms with van der Waals surface area (Å²) in [5.41, 5.74) is 2.05. The maximum absolute atomic E-state index is 13.6. The molecule has 3 rings (SSSR count). The number of halogens is 1. The first-order valence-corrected chi connectivity index (χ1v) is 10.0. The number of carbonyl (C=O) groups is 1. The fourth-order valence-corrected chi connectivity index (χ4v) is 4.20. The van der Waals surface area contributed by atoms with Crippen LogP contribution < -0.4 is 0 Å². The topological polar surface area (TPSA) is 20.3 Å². The third-order valence-electron chi connectivity index (χ3n) is 4.78. The van der Waals surface area contributed by atoms with E-state index >= 15 is 0 Å². The minimum atomic E-state index is -0.191. The molecule has 0 atom stereocenters. The van der Waals surface area contributed by atoms with Gasteiger partial charge < -0.3 is 4.90 Å². The molecule has 0 bridgehead atoms. The average molecular weight is 357 g/mol. The second-order valence-corrected chi connectivity index (χ2v) is 7.58. The fraction of sp³-hybridized carbons (Fsp3) is 0.381. The molecular formula is C21H24FNOS. The van der Waals surface area contributed by atoms with Crippen LogP contribution in [0.2, 0.25) is 0 Å². The Bertz CT molecular complexity index is 683. The van der Waals surface area contributed by atoms with E-state index in [1.165, 1.54) is 23.4 Å². The molecule has 1 aliphatic rings. The standard InChI is InChI=1S/C21H24FNOS/c22-20-9-5-4-8-19(20)15-25-16-21(24)23-12-10-18(11-13-23)14-17-6-2-1-3-7-17/h1-9,18H,10-16H2. The summed E-state index contributed by atoms with van der Waals surface area (Å²) in [6, 6.07) is 17.3. The van der Waals surface area contributed by atoms with E-state index in [9.17, 15) is 9.18 Å². The van der Waals surface area contributed by atoms with E-state index in [1.807, 2.05) is 17.0 Å². The zero-order valence-electron chi connectivity index (χ0n) is 14.4. The molecule has 2 nitrogen and oxygen atoms in total. The molecule has 132 valence electrons. The Balaban J connectivity index is 1.39. The minimum Gasteiger partial charge on any atom is -0.342 e. The lowest BCUT2D eigenvalue weighted by Gasteiger charge is -2.32. The van der Waals surface area contributed by atoms with Crippen LogP contribution >= 0.6 is 11.8 Å². The highest BCUT2D eigenvalue weighted by Crippen LogP contribution is 2.23. The minimum absolute atomic E-state index is 0.180. The van der Waals surface area contributed by atoms with Crippen LogP contribution in [0.4, 0.5) is 4.39 Å². The number of benzene rings is 2. The lowest BCUT2D eigenvalue weighted by atomic mass is 9.90. The number of hydrogen-bond acceptors (Lipinski definition) is 2. The lowest BCUT2D eigenvalue weighted by molar-refractivity contribution is -0.129. The van der Waals surface area contributed by atoms with Crippen molar-refractivity contribution in [1.82, 2.24) is 4.90 Å². The Morgan fingerprint density at radius 1 is 1.04 bits per heavy atom. The highest BCUT2D eigenvalue weighted by molar-refractivity contribution is 7.99. The van der Waals surface area contributed by atoms with Crippen molar-refractivity contribution in [2.24, 2.45) is 5.92 Å². The van der Waals surface area contributed by atoms with Gasteiger partial charge in [0.2, 0.25) is 5.91 Å². The molecule has 2 aromatic rings. The van der Waals surface area contributed by atoms with E-state index < -0.39 is 0 Å². The first kappa shape index (κ1) is 18.0. The monoisotopic (exact) mass is 357 g/mol. The van der Waals surface area contributed by atoms with Crippen molar-refractivity contribution < 1.29 is 9.18 Å². The van der Waals surface area contributed by atoms with Gasteiger partial charge in [0.25, 0.3) is 0 Å². The van der Waals surface area contributed by atoms with Gasteiger partial charge in [0, 0.05) is 18.8 Å². The van der Waals surface area contributed by atoms with E-state index in [-0.39, 0.29) is 11.7 Å². The van der Waals surface area contributed by atoms with Gasteiger partial charge in [0.1, 0.15) is 5.82 Å². The smallest absolute Gasteiger partial charge is 0.232 e. The van der Waals surface area contributed by atoms with Crippen LogP contribution in [-0.2, 0) is 17.0 Å². The Kier molecular flexibility index (Phi) is 6.51. The van der Waals surface area contributed by atoms with Gasteiger partial charge in [-0.2, -0.15) is 0 Å². The molecule has 0 radical (unpaired) electrons. The van der Waals surface area contributed by atoms with Crippen molar-refractivity contribution in [3.8, 4) is 0 Å². The van der Waals surface area contributed by atoms with Crippen molar-refractivity contribution in [2.75, 3.05) is 18.8 Å². The summed E-state index contributed by atoms with van der Waals surface area (Å²) in [5, 5.41) is 0. The molecule has 0 unspecified atom stereocenters. The molecule has 25 heavy (non-hydrogen) atoms. The summed E-state index contributed by atoms with van der Waals surface area (Å²) < 4.78 is 13.6. The number of amides is 1. The third kappa shape index (κ3) is 5.33. The van der Waals surface area contributed by atoms with Gasteiger partial charge in [-0.05, 0) is 42.4 Å². The Hall–Kier alpha value is -1.81. The number of likely N-dealkylation sites (tertiary alicyclic amines) is 1. The zero-order valence-corrected chi connectivity index (χ0v) is 15.2. The number of thioether (sulfide) groups is 1. The summed E-state index contributed by atoms with van der Waals surface area (Å²) in [6.45, 7) is 1.69. The molecule has 2 aromatic carbocycles. The summed E-state index contributed by atoms with van der Waals surface area (Å²) in [4.78, 5) is 14.3. The number of hydrogen-bond donors (Lipinski definition) is 0. The summed E-state index contributed by atoms with van der Waals surface area (Å²) in [7, 11) is 0. The van der Waals surface area contributed by atoms with Crippen molar-refractivity contribution >= 4 is 17.7 Å². The first-order valence-electron chi connectivity index (χ1n) is 8.85. The van der Waals surface area contributed by atoms with Gasteiger partial charge in [-0.15, -0.1) is 11.8 Å². The van der Waals surface area contributed by atoms with Gasteiger partial charge in [-0.3, -0.25) is 4.79 Å². The molecule has 0 aromatic heterocycles. The van der Waals surface area contributed by atoms with Gasteiger partial charge >= 0.3 is 0 Å². The molecule has 0 N–H and O–H groups in total. The molecule has 1 fully saturated rings. The van der Waals surface area contributed by atoms with Gasteiger partial charge in [0.15, 0.2) is 0 Å². The van der Waals surface area contributed by atoms with Crippen molar-refractivity contribution in [3.05, 3.63) is 71.5 Å². The van der Waals surface area contributed by atoms with E-state index in [2.05, 4.69) is 24.3 Å². The number of rotatable bonds is 6. The molecule has 0 aliphatic carbocycles. The Labute approximate surface area is 153 Å². The molecular weight excluding hydrogens is 333 g/mol. The average Bonchev–Trinajstić information content (AvgIpc) is 2.65. The highest BCUT2D eigenvalue weighted by atomic mass is 32.2. The SMILES string of the molecule is O=C(CSCc1ccccc1F)N1CCC(Cc2ccccc2)CC1. The predicted octanol–water partition coefficient (Wildman–Crippen LogP) is 4.54. The Morgan fingerprint density at radius 3 is 2.44 bits per heavy atom. The Morgan fingerprint density at radius 2 is 1.72 bits per heavy atom. The highest BCUT2D eigenvalue weighted by Gasteiger charge is 2.22. The van der Waals surface area contributed by atoms with E-state index in [0.29, 0.717) is 23.0 Å². The van der Waals surface area contributed by atoms with Gasteiger partial charge in [0.05, 0.1) is 5.75 Å². The lowest BCUT2D eigenvalue weighted by Crippen LogP contribution is -2.39. The summed E-state index contributed by atoms with van der Waals surface area (Å²) in [6.07, 6.45) is 3.24. The zero-order chi connectivity index (χ0) is 17.5. The van der Waals surface area contributed by atoms with Crippen molar-refractivity contribution in [2.45, 2.75) is 25.0 Å². The van der Waals surface area contributed by atoms with Crippen LogP contribution in [0.5, 0.6) is 0 Å². The number of carbonyl (C=O) groups excluding carboxylic acids is 1. The molecule has 1 heterocycles. The molecule has 1 saturated heterocycles. The van der Waals surface area contributed by atoms with Crippen LogP contribution in [-0.4, -0.2) is 29.6 Å². The number of nitrogens with zero attached hydrogens (tertiary/aromatic N) is 1. The molecule has 0 spiro atoms. The normalized spacial score (nSPS) is 15.3. The van der Waals surface area contributed by atoms with Crippen molar-refractivity contribution in [1.29, 1.82) is 0 Å². The predicted molar refractivity (Wildman–Crippen MR) is 102 cm³/mol. The quantitative estimate of drug-likeness (QED) is 0.756. The molecule has 4 heteroatoms. The molecule has 1 aliphatic heterocycles. The second-order valence-electron chi connectivity index (χ2n) is 6.60. The van der Waals surface area contributed by atoms with E-state index in [1.54, 1.807) is 12.1 Å². The maximum atomic E-state index is 13.6. The largest absolute Gasteiger partial charge is 0.342 e. The van der Waals surface area contributed by atoms with Crippen LogP contribution in [0.25, 0.3) is 0 Å². The third-order valence-corrected chi connectivity index (χ3v) is 5.74. The maximum Gasteiger partial charge on any atom is 0.232 e. The van der Waals surface area contributed by atoms with E-state index in [4.69, 9.17) is 0 Å². The van der Waals surface area contributed by atoms with Gasteiger partial charge in [-0.25, -0.2) is 4.39 Å². The summed E-state index contributed by atoms with van der Waals surface area (Å²) >= 11 is 1.49. The van der Waals surface area contributed by atoms with Crippen molar-refractivity contribution in [3.63, 3.8) is 0 Å². The van der Waals surface area contributed by atoms with E-state index in [0.717, 1.165) is 32.4 Å². The fourth-order valence-electron chi connectivity index (χ4n) is 3.29. The van der Waals surface area contributed by atoms with Crippen LogP contribution in [0.15, 0.2) is 54.6 Å².